The Morgan fingerprint density at radius 2 is 1.42 bits per heavy atom. The predicted molar refractivity (Wildman–Crippen MR) is 118 cm³/mol. The van der Waals surface area contributed by atoms with E-state index in [1.807, 2.05) is 38.1 Å². The molecule has 1 aliphatic rings. The first kappa shape index (κ1) is 22.5. The Bertz CT molecular complexity index is 934. The summed E-state index contributed by atoms with van der Waals surface area (Å²) in [5, 5.41) is 2.81. The van der Waals surface area contributed by atoms with Crippen molar-refractivity contribution in [3.8, 4) is 0 Å². The van der Waals surface area contributed by atoms with Crippen molar-refractivity contribution < 1.29 is 18.8 Å². The normalized spacial score (nSPS) is 15.0. The highest BCUT2D eigenvalue weighted by molar-refractivity contribution is 5.97. The van der Waals surface area contributed by atoms with Crippen LogP contribution in [0.4, 0.5) is 10.1 Å². The molecule has 1 fully saturated rings. The molecular formula is C24H28FN3O3. The summed E-state index contributed by atoms with van der Waals surface area (Å²) < 4.78 is 13.1. The zero-order valence-corrected chi connectivity index (χ0v) is 18.1. The summed E-state index contributed by atoms with van der Waals surface area (Å²) in [6, 6.07) is 12.1. The number of rotatable bonds is 6. The Kier molecular flexibility index (Phi) is 7.05. The number of nitrogens with zero attached hydrogens (tertiary/aromatic N) is 2. The Balaban J connectivity index is 1.61. The maximum atomic E-state index is 13.1. The minimum Gasteiger partial charge on any atom is -0.368 e. The van der Waals surface area contributed by atoms with Crippen LogP contribution in [0.5, 0.6) is 0 Å². The average Bonchev–Trinajstić information content (AvgIpc) is 2.77. The van der Waals surface area contributed by atoms with E-state index in [1.165, 1.54) is 24.3 Å². The number of nitrogens with one attached hydrogen (secondary N) is 1. The number of piperazine rings is 1. The van der Waals surface area contributed by atoms with Gasteiger partial charge in [0, 0.05) is 43.0 Å². The number of halogens is 1. The number of anilines is 1. The molecule has 164 valence electrons. The molecule has 1 heterocycles. The largest absolute Gasteiger partial charge is 0.368 e. The monoisotopic (exact) mass is 425 g/mol. The standard InChI is InChI=1S/C24H28FN3O3/c1-16(2)22(26-23(30)19-4-8-20(25)9-5-19)24(31)28-14-12-27(13-15-28)21-10-6-18(7-11-21)17(3)29/h4-11,16,22H,12-15H2,1-3H3,(H,26,30)/t22-/m0/s1. The minimum atomic E-state index is -0.654. The van der Waals surface area contributed by atoms with Gasteiger partial charge in [-0.15, -0.1) is 0 Å². The highest BCUT2D eigenvalue weighted by Crippen LogP contribution is 2.19. The molecule has 0 unspecified atom stereocenters. The SMILES string of the molecule is CC(=O)c1ccc(N2CCN(C(=O)[C@@H](NC(=O)c3ccc(F)cc3)C(C)C)CC2)cc1. The molecule has 1 atom stereocenters. The van der Waals surface area contributed by atoms with E-state index in [-0.39, 0.29) is 17.6 Å². The number of carbonyl (C=O) groups excluding carboxylic acids is 3. The lowest BCUT2D eigenvalue weighted by Crippen LogP contribution is -2.56. The maximum Gasteiger partial charge on any atom is 0.251 e. The van der Waals surface area contributed by atoms with E-state index in [2.05, 4.69) is 10.2 Å². The Morgan fingerprint density at radius 1 is 0.871 bits per heavy atom. The fourth-order valence-electron chi connectivity index (χ4n) is 3.63. The first-order chi connectivity index (χ1) is 14.8. The smallest absolute Gasteiger partial charge is 0.251 e. The number of hydrogen-bond acceptors (Lipinski definition) is 4. The van der Waals surface area contributed by atoms with Crippen LogP contribution in [-0.2, 0) is 4.79 Å². The Labute approximate surface area is 182 Å². The third kappa shape index (κ3) is 5.48. The van der Waals surface area contributed by atoms with Crippen molar-refractivity contribution in [1.29, 1.82) is 0 Å². The third-order valence-corrected chi connectivity index (χ3v) is 5.56. The Morgan fingerprint density at radius 3 is 1.94 bits per heavy atom. The first-order valence-electron chi connectivity index (χ1n) is 10.5. The van der Waals surface area contributed by atoms with Gasteiger partial charge in [0.15, 0.2) is 5.78 Å². The molecule has 1 N–H and O–H groups in total. The minimum absolute atomic E-state index is 0.0318. The summed E-state index contributed by atoms with van der Waals surface area (Å²) in [7, 11) is 0. The zero-order valence-electron chi connectivity index (χ0n) is 18.1. The van der Waals surface area contributed by atoms with Gasteiger partial charge in [0.1, 0.15) is 11.9 Å². The predicted octanol–water partition coefficient (Wildman–Crippen LogP) is 3.13. The van der Waals surface area contributed by atoms with Crippen molar-refractivity contribution >= 4 is 23.3 Å². The van der Waals surface area contributed by atoms with E-state index in [4.69, 9.17) is 0 Å². The fraction of sp³-hybridized carbons (Fsp3) is 0.375. The second kappa shape index (κ2) is 9.73. The summed E-state index contributed by atoms with van der Waals surface area (Å²) in [5.74, 6) is -0.978. The van der Waals surface area contributed by atoms with Crippen LogP contribution in [0.2, 0.25) is 0 Å². The maximum absolute atomic E-state index is 13.1. The number of hydrogen-bond donors (Lipinski definition) is 1. The van der Waals surface area contributed by atoms with Gasteiger partial charge < -0.3 is 15.1 Å². The zero-order chi connectivity index (χ0) is 22.5. The summed E-state index contributed by atoms with van der Waals surface area (Å²) >= 11 is 0. The average molecular weight is 426 g/mol. The topological polar surface area (TPSA) is 69.7 Å². The van der Waals surface area contributed by atoms with Crippen LogP contribution >= 0.6 is 0 Å². The molecule has 3 rings (SSSR count). The van der Waals surface area contributed by atoms with Gasteiger partial charge in [0.2, 0.25) is 5.91 Å². The molecule has 2 aromatic rings. The summed E-state index contributed by atoms with van der Waals surface area (Å²) in [6.07, 6.45) is 0. The van der Waals surface area contributed by atoms with Gasteiger partial charge in [-0.2, -0.15) is 0 Å². The molecule has 2 amide bonds. The van der Waals surface area contributed by atoms with E-state index in [9.17, 15) is 18.8 Å². The number of Topliss-reactive ketones (excluding diaryl/α,β-unsaturated/α-hetero) is 1. The molecule has 7 heteroatoms. The summed E-state index contributed by atoms with van der Waals surface area (Å²) in [6.45, 7) is 7.75. The highest BCUT2D eigenvalue weighted by Gasteiger charge is 2.31. The van der Waals surface area contributed by atoms with Crippen molar-refractivity contribution in [2.24, 2.45) is 5.92 Å². The lowest BCUT2D eigenvalue weighted by molar-refractivity contribution is -0.134. The van der Waals surface area contributed by atoms with Gasteiger partial charge in [-0.1, -0.05) is 13.8 Å². The van der Waals surface area contributed by atoms with E-state index in [0.29, 0.717) is 37.3 Å². The van der Waals surface area contributed by atoms with Gasteiger partial charge >= 0.3 is 0 Å². The molecule has 0 radical (unpaired) electrons. The molecule has 0 aromatic heterocycles. The van der Waals surface area contributed by atoms with Crippen molar-refractivity contribution in [2.45, 2.75) is 26.8 Å². The highest BCUT2D eigenvalue weighted by atomic mass is 19.1. The van der Waals surface area contributed by atoms with Gasteiger partial charge in [0.25, 0.3) is 5.91 Å². The van der Waals surface area contributed by atoms with Crippen molar-refractivity contribution in [2.75, 3.05) is 31.1 Å². The second-order valence-corrected chi connectivity index (χ2v) is 8.12. The van der Waals surface area contributed by atoms with E-state index < -0.39 is 17.8 Å². The first-order valence-corrected chi connectivity index (χ1v) is 10.5. The second-order valence-electron chi connectivity index (χ2n) is 8.12. The quantitative estimate of drug-likeness (QED) is 0.722. The molecule has 31 heavy (non-hydrogen) atoms. The van der Waals surface area contributed by atoms with Gasteiger partial charge in [-0.3, -0.25) is 14.4 Å². The van der Waals surface area contributed by atoms with Crippen molar-refractivity contribution in [1.82, 2.24) is 10.2 Å². The van der Waals surface area contributed by atoms with Gasteiger partial charge in [-0.25, -0.2) is 4.39 Å². The van der Waals surface area contributed by atoms with Crippen LogP contribution in [0.1, 0.15) is 41.5 Å². The number of benzene rings is 2. The molecule has 0 bridgehead atoms. The fourth-order valence-corrected chi connectivity index (χ4v) is 3.63. The van der Waals surface area contributed by atoms with Gasteiger partial charge in [-0.05, 0) is 61.4 Å². The van der Waals surface area contributed by atoms with E-state index >= 15 is 0 Å². The van der Waals surface area contributed by atoms with Crippen LogP contribution in [0.25, 0.3) is 0 Å². The van der Waals surface area contributed by atoms with Crippen molar-refractivity contribution in [3.05, 3.63) is 65.5 Å². The van der Waals surface area contributed by atoms with E-state index in [1.54, 1.807) is 11.8 Å². The van der Waals surface area contributed by atoms with Crippen molar-refractivity contribution in [3.63, 3.8) is 0 Å². The van der Waals surface area contributed by atoms with Crippen LogP contribution in [0.15, 0.2) is 48.5 Å². The van der Waals surface area contributed by atoms with E-state index in [0.717, 1.165) is 5.69 Å². The van der Waals surface area contributed by atoms with Gasteiger partial charge in [0.05, 0.1) is 0 Å². The number of carbonyl (C=O) groups is 3. The molecule has 1 aliphatic heterocycles. The summed E-state index contributed by atoms with van der Waals surface area (Å²) in [4.78, 5) is 41.0. The third-order valence-electron chi connectivity index (χ3n) is 5.56. The molecule has 0 saturated carbocycles. The Hall–Kier alpha value is -3.22. The van der Waals surface area contributed by atoms with Crippen LogP contribution in [0.3, 0.4) is 0 Å². The molecule has 6 nitrogen and oxygen atoms in total. The molecule has 0 spiro atoms. The lowest BCUT2D eigenvalue weighted by Gasteiger charge is -2.38. The molecule has 1 saturated heterocycles. The molecular weight excluding hydrogens is 397 g/mol. The number of amides is 2. The molecule has 0 aliphatic carbocycles. The summed E-state index contributed by atoms with van der Waals surface area (Å²) in [5.41, 5.74) is 2.01. The number of ketones is 1. The van der Waals surface area contributed by atoms with Crippen LogP contribution in [-0.4, -0.2) is 54.7 Å². The van der Waals surface area contributed by atoms with Crippen LogP contribution < -0.4 is 10.2 Å². The molecule has 2 aromatic carbocycles. The lowest BCUT2D eigenvalue weighted by atomic mass is 10.0. The van der Waals surface area contributed by atoms with Crippen LogP contribution in [0, 0.1) is 11.7 Å².